The summed E-state index contributed by atoms with van der Waals surface area (Å²) in [5, 5.41) is 14.3. The van der Waals surface area contributed by atoms with Gasteiger partial charge in [-0.3, -0.25) is 10.1 Å². The van der Waals surface area contributed by atoms with Crippen LogP contribution in [0.2, 0.25) is 0 Å². The number of ether oxygens (including phenoxy) is 1. The predicted molar refractivity (Wildman–Crippen MR) is 78.4 cm³/mol. The minimum absolute atomic E-state index is 0.0247. The average molecular weight is 290 g/mol. The monoisotopic (exact) mass is 290 g/mol. The molecule has 0 amide bonds. The van der Waals surface area contributed by atoms with Crippen molar-refractivity contribution in [3.63, 3.8) is 0 Å². The molecule has 0 aliphatic rings. The summed E-state index contributed by atoms with van der Waals surface area (Å²) < 4.78 is 6.97. The first-order chi connectivity index (χ1) is 10.2. The Hall–Kier alpha value is -2.41. The molecular weight excluding hydrogens is 272 g/mol. The predicted octanol–water partition coefficient (Wildman–Crippen LogP) is 1.96. The Labute approximate surface area is 122 Å². The first-order valence-corrected chi connectivity index (χ1v) is 6.67. The number of nitro benzene ring substituents is 1. The van der Waals surface area contributed by atoms with Crippen molar-refractivity contribution in [1.29, 1.82) is 0 Å². The minimum atomic E-state index is -0.435. The number of rotatable bonds is 7. The molecule has 2 aromatic rings. The number of aromatic nitrogens is 2. The second-order valence-electron chi connectivity index (χ2n) is 4.52. The second-order valence-corrected chi connectivity index (χ2v) is 4.52. The summed E-state index contributed by atoms with van der Waals surface area (Å²) in [5.41, 5.74) is 0.807. The van der Waals surface area contributed by atoms with Gasteiger partial charge in [0.2, 0.25) is 0 Å². The molecule has 0 saturated heterocycles. The summed E-state index contributed by atoms with van der Waals surface area (Å²) in [6, 6.07) is 4.98. The maximum Gasteiger partial charge on any atom is 0.311 e. The third kappa shape index (κ3) is 3.57. The van der Waals surface area contributed by atoms with Crippen molar-refractivity contribution in [3.05, 3.63) is 52.1 Å². The molecule has 0 spiro atoms. The van der Waals surface area contributed by atoms with Crippen LogP contribution in [0.4, 0.5) is 5.69 Å². The van der Waals surface area contributed by atoms with Gasteiger partial charge in [-0.05, 0) is 18.2 Å². The maximum absolute atomic E-state index is 11.0. The van der Waals surface area contributed by atoms with Gasteiger partial charge < -0.3 is 14.6 Å². The van der Waals surface area contributed by atoms with Crippen LogP contribution in [0.1, 0.15) is 18.3 Å². The van der Waals surface area contributed by atoms with E-state index in [0.717, 1.165) is 17.9 Å². The molecule has 0 fully saturated rings. The molecule has 1 N–H and O–H groups in total. The zero-order valence-electron chi connectivity index (χ0n) is 12.1. The molecule has 0 unspecified atom stereocenters. The van der Waals surface area contributed by atoms with Crippen molar-refractivity contribution in [2.75, 3.05) is 13.7 Å². The highest BCUT2D eigenvalue weighted by molar-refractivity contribution is 5.48. The fourth-order valence-electron chi connectivity index (χ4n) is 2.06. The SMILES string of the molecule is CCNCc1nccn1Cc1ccc(OC)c([N+](=O)[O-])c1. The van der Waals surface area contributed by atoms with Gasteiger partial charge in [-0.2, -0.15) is 0 Å². The van der Waals surface area contributed by atoms with Gasteiger partial charge in [-0.25, -0.2) is 4.98 Å². The van der Waals surface area contributed by atoms with E-state index in [0.29, 0.717) is 13.1 Å². The third-order valence-electron chi connectivity index (χ3n) is 3.13. The summed E-state index contributed by atoms with van der Waals surface area (Å²) in [6.07, 6.45) is 3.59. The Kier molecular flexibility index (Phi) is 4.89. The van der Waals surface area contributed by atoms with E-state index in [4.69, 9.17) is 4.74 Å². The van der Waals surface area contributed by atoms with Gasteiger partial charge in [0.05, 0.1) is 18.6 Å². The third-order valence-corrected chi connectivity index (χ3v) is 3.13. The lowest BCUT2D eigenvalue weighted by Crippen LogP contribution is -2.16. The Balaban J connectivity index is 2.22. The number of imidazole rings is 1. The number of hydrogen-bond acceptors (Lipinski definition) is 5. The molecule has 1 heterocycles. The lowest BCUT2D eigenvalue weighted by Gasteiger charge is -2.09. The van der Waals surface area contributed by atoms with Gasteiger partial charge in [0.15, 0.2) is 5.75 Å². The molecule has 0 atom stereocenters. The zero-order valence-corrected chi connectivity index (χ0v) is 12.1. The van der Waals surface area contributed by atoms with Gasteiger partial charge >= 0.3 is 5.69 Å². The summed E-state index contributed by atoms with van der Waals surface area (Å²) in [5.74, 6) is 1.16. The second kappa shape index (κ2) is 6.85. The number of nitrogens with one attached hydrogen (secondary N) is 1. The van der Waals surface area contributed by atoms with Crippen molar-refractivity contribution in [3.8, 4) is 5.75 Å². The molecule has 0 saturated carbocycles. The van der Waals surface area contributed by atoms with Crippen LogP contribution in [0.15, 0.2) is 30.6 Å². The standard InChI is InChI=1S/C14H18N4O3/c1-3-15-9-14-16-6-7-17(14)10-11-4-5-13(21-2)12(8-11)18(19)20/h4-8,15H,3,9-10H2,1-2H3. The normalized spacial score (nSPS) is 10.6. The molecule has 0 aliphatic heterocycles. The Bertz CT molecular complexity index is 624. The molecule has 2 rings (SSSR count). The highest BCUT2D eigenvalue weighted by atomic mass is 16.6. The lowest BCUT2D eigenvalue weighted by atomic mass is 10.2. The van der Waals surface area contributed by atoms with Gasteiger partial charge in [0.1, 0.15) is 5.82 Å². The van der Waals surface area contributed by atoms with Gasteiger partial charge in [-0.15, -0.1) is 0 Å². The molecule has 112 valence electrons. The fraction of sp³-hybridized carbons (Fsp3) is 0.357. The smallest absolute Gasteiger partial charge is 0.311 e. The van der Waals surface area contributed by atoms with E-state index in [9.17, 15) is 10.1 Å². The van der Waals surface area contributed by atoms with Crippen molar-refractivity contribution >= 4 is 5.69 Å². The van der Waals surface area contributed by atoms with E-state index in [2.05, 4.69) is 10.3 Å². The van der Waals surface area contributed by atoms with Crippen LogP contribution in [0.25, 0.3) is 0 Å². The van der Waals surface area contributed by atoms with Crippen molar-refractivity contribution in [2.24, 2.45) is 0 Å². The minimum Gasteiger partial charge on any atom is -0.490 e. The van der Waals surface area contributed by atoms with Crippen LogP contribution in [-0.2, 0) is 13.1 Å². The summed E-state index contributed by atoms with van der Waals surface area (Å²) in [7, 11) is 1.42. The van der Waals surface area contributed by atoms with Crippen LogP contribution in [0.3, 0.4) is 0 Å². The Morgan fingerprint density at radius 1 is 1.48 bits per heavy atom. The number of nitrogens with zero attached hydrogens (tertiary/aromatic N) is 3. The quantitative estimate of drug-likeness (QED) is 0.622. The number of benzene rings is 1. The van der Waals surface area contributed by atoms with Crippen LogP contribution >= 0.6 is 0 Å². The summed E-state index contributed by atoms with van der Waals surface area (Å²) >= 11 is 0. The molecule has 7 heteroatoms. The largest absolute Gasteiger partial charge is 0.490 e. The topological polar surface area (TPSA) is 82.2 Å². The fourth-order valence-corrected chi connectivity index (χ4v) is 2.06. The van der Waals surface area contributed by atoms with E-state index in [1.54, 1.807) is 12.3 Å². The highest BCUT2D eigenvalue weighted by Crippen LogP contribution is 2.27. The Morgan fingerprint density at radius 3 is 2.95 bits per heavy atom. The average Bonchev–Trinajstić information content (AvgIpc) is 2.92. The molecule has 21 heavy (non-hydrogen) atoms. The Morgan fingerprint density at radius 2 is 2.29 bits per heavy atom. The van der Waals surface area contributed by atoms with E-state index >= 15 is 0 Å². The highest BCUT2D eigenvalue weighted by Gasteiger charge is 2.15. The first kappa shape index (κ1) is 15.0. The van der Waals surface area contributed by atoms with Crippen LogP contribution in [0, 0.1) is 10.1 Å². The van der Waals surface area contributed by atoms with Crippen molar-refractivity contribution < 1.29 is 9.66 Å². The van der Waals surface area contributed by atoms with E-state index in [-0.39, 0.29) is 11.4 Å². The van der Waals surface area contributed by atoms with E-state index < -0.39 is 4.92 Å². The van der Waals surface area contributed by atoms with Gasteiger partial charge in [0.25, 0.3) is 0 Å². The molecule has 7 nitrogen and oxygen atoms in total. The maximum atomic E-state index is 11.0. The lowest BCUT2D eigenvalue weighted by molar-refractivity contribution is -0.385. The van der Waals surface area contributed by atoms with Gasteiger partial charge in [-0.1, -0.05) is 13.0 Å². The van der Waals surface area contributed by atoms with Crippen LogP contribution in [0.5, 0.6) is 5.75 Å². The van der Waals surface area contributed by atoms with E-state index in [1.807, 2.05) is 23.8 Å². The van der Waals surface area contributed by atoms with E-state index in [1.165, 1.54) is 13.2 Å². The molecule has 1 aromatic heterocycles. The van der Waals surface area contributed by atoms with Gasteiger partial charge in [0, 0.05) is 25.0 Å². The summed E-state index contributed by atoms with van der Waals surface area (Å²) in [4.78, 5) is 14.9. The molecule has 0 aliphatic carbocycles. The number of methoxy groups -OCH3 is 1. The first-order valence-electron chi connectivity index (χ1n) is 6.67. The number of hydrogen-bond donors (Lipinski definition) is 1. The molecule has 0 bridgehead atoms. The van der Waals surface area contributed by atoms with Crippen molar-refractivity contribution in [1.82, 2.24) is 14.9 Å². The summed E-state index contributed by atoms with van der Waals surface area (Å²) in [6.45, 7) is 4.09. The number of nitro groups is 1. The molecule has 1 aromatic carbocycles. The van der Waals surface area contributed by atoms with Crippen LogP contribution < -0.4 is 10.1 Å². The zero-order chi connectivity index (χ0) is 15.2. The van der Waals surface area contributed by atoms with Crippen LogP contribution in [-0.4, -0.2) is 28.1 Å². The van der Waals surface area contributed by atoms with Crippen molar-refractivity contribution in [2.45, 2.75) is 20.0 Å². The molecular formula is C14H18N4O3. The molecule has 0 radical (unpaired) electrons.